The number of hydrogen-bond donors (Lipinski definition) is 0. The van der Waals surface area contributed by atoms with E-state index in [1.807, 2.05) is 0 Å². The molecule has 1 heterocycles. The van der Waals surface area contributed by atoms with Crippen molar-refractivity contribution in [3.05, 3.63) is 77.3 Å². The Morgan fingerprint density at radius 1 is 1.30 bits per heavy atom. The van der Waals surface area contributed by atoms with Gasteiger partial charge in [-0.1, -0.05) is 24.8 Å². The first-order chi connectivity index (χ1) is 13.0. The monoisotopic (exact) mass is 368 g/mol. The van der Waals surface area contributed by atoms with E-state index in [0.29, 0.717) is 28.2 Å². The number of halogens is 1. The first-order valence-corrected chi connectivity index (χ1v) is 8.21. The zero-order chi connectivity index (χ0) is 19.4. The molecule has 1 aliphatic rings. The lowest BCUT2D eigenvalue weighted by Gasteiger charge is -2.08. The number of carbonyl (C=O) groups is 2. The summed E-state index contributed by atoms with van der Waals surface area (Å²) in [5, 5.41) is 0. The Balaban J connectivity index is 1.79. The highest BCUT2D eigenvalue weighted by Gasteiger charge is 2.30. The van der Waals surface area contributed by atoms with Crippen molar-refractivity contribution >= 4 is 17.8 Å². The molecule has 0 unspecified atom stereocenters. The van der Waals surface area contributed by atoms with E-state index >= 15 is 0 Å². The molecule has 138 valence electrons. The van der Waals surface area contributed by atoms with E-state index in [9.17, 15) is 14.0 Å². The molecule has 3 rings (SSSR count). The molecule has 0 spiro atoms. The summed E-state index contributed by atoms with van der Waals surface area (Å²) in [7, 11) is 0. The number of carbonyl (C=O) groups excluding carboxylic acids is 2. The minimum Gasteiger partial charge on any atom is -0.482 e. The number of fused-ring (bicyclic) bond motifs is 1. The van der Waals surface area contributed by atoms with Crippen LogP contribution in [0.15, 0.2) is 54.8 Å². The first kappa shape index (κ1) is 18.4. The summed E-state index contributed by atoms with van der Waals surface area (Å²) >= 11 is 0. The second kappa shape index (κ2) is 7.86. The molecule has 0 amide bonds. The van der Waals surface area contributed by atoms with E-state index in [-0.39, 0.29) is 24.8 Å². The Hall–Kier alpha value is -3.41. The largest absolute Gasteiger partial charge is 0.482 e. The Labute approximate surface area is 155 Å². The fourth-order valence-electron chi connectivity index (χ4n) is 2.64. The van der Waals surface area contributed by atoms with E-state index in [4.69, 9.17) is 14.2 Å². The van der Waals surface area contributed by atoms with Gasteiger partial charge in [-0.05, 0) is 42.3 Å². The van der Waals surface area contributed by atoms with Gasteiger partial charge in [-0.15, -0.1) is 0 Å². The van der Waals surface area contributed by atoms with E-state index in [2.05, 4.69) is 6.58 Å². The lowest BCUT2D eigenvalue weighted by molar-refractivity contribution is -0.144. The predicted molar refractivity (Wildman–Crippen MR) is 97.2 cm³/mol. The minimum atomic E-state index is -0.531. The number of hydrogen-bond acceptors (Lipinski definition) is 5. The van der Waals surface area contributed by atoms with Gasteiger partial charge in [-0.3, -0.25) is 4.79 Å². The van der Waals surface area contributed by atoms with Crippen molar-refractivity contribution in [3.8, 4) is 11.5 Å². The number of ketones is 1. The van der Waals surface area contributed by atoms with Gasteiger partial charge in [0.15, 0.2) is 12.4 Å². The van der Waals surface area contributed by atoms with Crippen LogP contribution in [-0.4, -0.2) is 25.0 Å². The number of benzene rings is 2. The van der Waals surface area contributed by atoms with Crippen molar-refractivity contribution in [2.45, 2.75) is 6.92 Å². The second-order valence-corrected chi connectivity index (χ2v) is 5.87. The van der Waals surface area contributed by atoms with Crippen LogP contribution in [0.2, 0.25) is 0 Å². The van der Waals surface area contributed by atoms with Crippen molar-refractivity contribution in [2.75, 3.05) is 13.2 Å². The molecule has 0 bridgehead atoms. The van der Waals surface area contributed by atoms with E-state index in [0.717, 1.165) is 0 Å². The van der Waals surface area contributed by atoms with E-state index in [1.54, 1.807) is 25.1 Å². The van der Waals surface area contributed by atoms with Crippen molar-refractivity contribution in [1.29, 1.82) is 0 Å². The van der Waals surface area contributed by atoms with Crippen LogP contribution in [0, 0.1) is 12.7 Å². The highest BCUT2D eigenvalue weighted by atomic mass is 19.1. The summed E-state index contributed by atoms with van der Waals surface area (Å²) in [5.74, 6) is -0.414. The third kappa shape index (κ3) is 4.23. The average molecular weight is 368 g/mol. The predicted octanol–water partition coefficient (Wildman–Crippen LogP) is 3.86. The van der Waals surface area contributed by atoms with Crippen LogP contribution in [0.3, 0.4) is 0 Å². The smallest absolute Gasteiger partial charge is 0.344 e. The highest BCUT2D eigenvalue weighted by molar-refractivity contribution is 6.15. The van der Waals surface area contributed by atoms with Crippen LogP contribution in [0.4, 0.5) is 4.39 Å². The molecule has 2 aromatic carbocycles. The number of Topliss-reactive ketones (excluding diaryl/α,β-unsaturated/α-hetero) is 1. The second-order valence-electron chi connectivity index (χ2n) is 5.87. The molecule has 0 aliphatic carbocycles. The lowest BCUT2D eigenvalue weighted by Crippen LogP contribution is -2.14. The lowest BCUT2D eigenvalue weighted by atomic mass is 10.0. The molecular formula is C21H17FO5. The molecule has 0 radical (unpaired) electrons. The molecule has 0 aromatic heterocycles. The summed E-state index contributed by atoms with van der Waals surface area (Å²) in [6.45, 7) is 5.04. The Morgan fingerprint density at radius 2 is 2.11 bits per heavy atom. The zero-order valence-corrected chi connectivity index (χ0v) is 14.7. The van der Waals surface area contributed by atoms with Crippen molar-refractivity contribution < 1.29 is 28.2 Å². The van der Waals surface area contributed by atoms with Gasteiger partial charge >= 0.3 is 5.97 Å². The van der Waals surface area contributed by atoms with Gasteiger partial charge in [-0.2, -0.15) is 0 Å². The maximum absolute atomic E-state index is 13.3. The van der Waals surface area contributed by atoms with Crippen molar-refractivity contribution in [2.24, 2.45) is 0 Å². The van der Waals surface area contributed by atoms with Crippen LogP contribution in [0.5, 0.6) is 11.5 Å². The van der Waals surface area contributed by atoms with Gasteiger partial charge in [-0.25, -0.2) is 9.18 Å². The van der Waals surface area contributed by atoms with Crippen LogP contribution < -0.4 is 9.47 Å². The highest BCUT2D eigenvalue weighted by Crippen LogP contribution is 2.37. The van der Waals surface area contributed by atoms with Crippen LogP contribution in [0.25, 0.3) is 6.08 Å². The number of rotatable bonds is 6. The molecule has 1 aliphatic heterocycles. The third-order valence-corrected chi connectivity index (χ3v) is 3.81. The molecule has 27 heavy (non-hydrogen) atoms. The Morgan fingerprint density at radius 3 is 2.85 bits per heavy atom. The normalized spacial score (nSPS) is 13.9. The van der Waals surface area contributed by atoms with Gasteiger partial charge in [0.05, 0.1) is 5.56 Å². The van der Waals surface area contributed by atoms with Crippen molar-refractivity contribution in [1.82, 2.24) is 0 Å². The van der Waals surface area contributed by atoms with Crippen LogP contribution in [-0.2, 0) is 9.53 Å². The molecule has 6 heteroatoms. The first-order valence-electron chi connectivity index (χ1n) is 8.21. The fourth-order valence-corrected chi connectivity index (χ4v) is 2.64. The summed E-state index contributed by atoms with van der Waals surface area (Å²) in [6, 6.07) is 9.03. The summed E-state index contributed by atoms with van der Waals surface area (Å²) in [4.78, 5) is 24.1. The molecule has 0 saturated heterocycles. The molecule has 0 saturated carbocycles. The van der Waals surface area contributed by atoms with Gasteiger partial charge in [0.2, 0.25) is 5.78 Å². The quantitative estimate of drug-likeness (QED) is 0.440. The Kier molecular flexibility index (Phi) is 5.35. The summed E-state index contributed by atoms with van der Waals surface area (Å²) in [5.41, 5.74) is 1.58. The molecule has 5 nitrogen and oxygen atoms in total. The zero-order valence-electron chi connectivity index (χ0n) is 14.7. The Bertz CT molecular complexity index is 946. The molecular weight excluding hydrogens is 351 g/mol. The van der Waals surface area contributed by atoms with Gasteiger partial charge in [0.1, 0.15) is 23.9 Å². The van der Waals surface area contributed by atoms with Crippen LogP contribution >= 0.6 is 0 Å². The molecule has 2 aromatic rings. The van der Waals surface area contributed by atoms with E-state index in [1.165, 1.54) is 30.4 Å². The minimum absolute atomic E-state index is 0.0984. The number of allylic oxidation sites excluding steroid dienone is 1. The number of esters is 1. The SMILES string of the molecule is C=CCOC(=O)COc1cc(C)c2c(c1)O/C(=C\c1cccc(F)c1)C2=O. The molecule has 0 N–H and O–H groups in total. The molecule has 0 atom stereocenters. The third-order valence-electron chi connectivity index (χ3n) is 3.81. The van der Waals surface area contributed by atoms with Gasteiger partial charge < -0.3 is 14.2 Å². The van der Waals surface area contributed by atoms with E-state index < -0.39 is 11.8 Å². The fraction of sp³-hybridized carbons (Fsp3) is 0.143. The van der Waals surface area contributed by atoms with Crippen LogP contribution in [0.1, 0.15) is 21.5 Å². The standard InChI is InChI=1S/C21H17FO5/c1-3-7-25-19(23)12-26-16-8-13(2)20-17(11-16)27-18(21(20)24)10-14-5-4-6-15(22)9-14/h3-6,8-11H,1,7,12H2,2H3/b18-10-. The van der Waals surface area contributed by atoms with Gasteiger partial charge in [0, 0.05) is 6.07 Å². The summed E-state index contributed by atoms with van der Waals surface area (Å²) < 4.78 is 29.2. The number of aryl methyl sites for hydroxylation is 1. The summed E-state index contributed by atoms with van der Waals surface area (Å²) in [6.07, 6.45) is 2.95. The van der Waals surface area contributed by atoms with Crippen molar-refractivity contribution in [3.63, 3.8) is 0 Å². The maximum Gasteiger partial charge on any atom is 0.344 e. The average Bonchev–Trinajstić information content (AvgIpc) is 2.94. The van der Waals surface area contributed by atoms with Gasteiger partial charge in [0.25, 0.3) is 0 Å². The maximum atomic E-state index is 13.3. The number of ether oxygens (including phenoxy) is 3. The topological polar surface area (TPSA) is 61.8 Å². The molecule has 0 fully saturated rings.